The number of aryl methyl sites for hydroxylation is 1. The van der Waals surface area contributed by atoms with Gasteiger partial charge in [0.05, 0.1) is 12.0 Å². The molecule has 0 atom stereocenters. The molecule has 4 fully saturated rings. The molecule has 0 aromatic heterocycles. The Morgan fingerprint density at radius 2 is 1.76 bits per heavy atom. The predicted octanol–water partition coefficient (Wildman–Crippen LogP) is 6.29. The Bertz CT molecular complexity index is 1120. The van der Waals surface area contributed by atoms with Gasteiger partial charge in [-0.25, -0.2) is 0 Å². The lowest BCUT2D eigenvalue weighted by Crippen LogP contribution is -2.49. The summed E-state index contributed by atoms with van der Waals surface area (Å²) >= 11 is 0. The number of ether oxygens (including phenoxy) is 2. The first-order chi connectivity index (χ1) is 16.3. The van der Waals surface area contributed by atoms with Crippen LogP contribution >= 0.6 is 0 Å². The highest BCUT2D eigenvalue weighted by atomic mass is 16.6. The van der Waals surface area contributed by atoms with Crippen LogP contribution in [0, 0.1) is 40.2 Å². The Morgan fingerprint density at radius 3 is 2.35 bits per heavy atom. The quantitative estimate of drug-likeness (QED) is 0.262. The van der Waals surface area contributed by atoms with Gasteiger partial charge in [-0.2, -0.15) is 0 Å². The largest absolute Gasteiger partial charge is 0.496 e. The number of rotatable bonds is 8. The Morgan fingerprint density at radius 1 is 1.09 bits per heavy atom. The van der Waals surface area contributed by atoms with Gasteiger partial charge >= 0.3 is 0 Å². The number of hydrogen-bond acceptors (Lipinski definition) is 5. The Balaban J connectivity index is 1.29. The molecule has 6 rings (SSSR count). The fourth-order valence-corrected chi connectivity index (χ4v) is 6.86. The molecule has 0 heterocycles. The summed E-state index contributed by atoms with van der Waals surface area (Å²) in [6, 6.07) is 10.5. The number of nitro groups is 1. The second kappa shape index (κ2) is 8.90. The summed E-state index contributed by atoms with van der Waals surface area (Å²) in [7, 11) is 1.61. The number of allylic oxidation sites excluding steroid dienone is 1. The number of nitro benzene ring substituents is 1. The van der Waals surface area contributed by atoms with Crippen LogP contribution in [-0.2, 0) is 11.4 Å². The lowest BCUT2D eigenvalue weighted by Gasteiger charge is -2.55. The molecule has 0 saturated heterocycles. The summed E-state index contributed by atoms with van der Waals surface area (Å²) in [5.74, 6) is 3.79. The highest BCUT2D eigenvalue weighted by Crippen LogP contribution is 2.60. The first-order valence-electron chi connectivity index (χ1n) is 12.1. The van der Waals surface area contributed by atoms with E-state index in [-0.39, 0.29) is 17.7 Å². The lowest BCUT2D eigenvalue weighted by molar-refractivity contribution is -0.385. The van der Waals surface area contributed by atoms with E-state index in [9.17, 15) is 14.9 Å². The third kappa shape index (κ3) is 4.33. The molecular weight excluding hydrogens is 430 g/mol. The Hall–Kier alpha value is -3.15. The van der Waals surface area contributed by atoms with E-state index in [4.69, 9.17) is 9.47 Å². The van der Waals surface area contributed by atoms with Crippen LogP contribution in [0.5, 0.6) is 11.5 Å². The molecule has 0 unspecified atom stereocenters. The Labute approximate surface area is 200 Å². The molecule has 6 nitrogen and oxygen atoms in total. The fraction of sp³-hybridized carbons (Fsp3) is 0.464. The van der Waals surface area contributed by atoms with Crippen LogP contribution in [0.15, 0.2) is 42.5 Å². The van der Waals surface area contributed by atoms with Crippen molar-refractivity contribution in [3.63, 3.8) is 0 Å². The standard InChI is InChI=1S/C28H31NO5/c1-18-9-24(5-6-25(18)29(31)32)34-17-23-13-19(3-7-26(23)33-2)4-8-27(30)28-14-20-10-21(15-28)12-22(11-20)16-28/h3-9,13,20-22H,10-12,14-17H2,1-2H3/b8-4+. The average Bonchev–Trinajstić information content (AvgIpc) is 2.80. The number of carbonyl (C=O) groups is 1. The van der Waals surface area contributed by atoms with Crippen LogP contribution in [0.3, 0.4) is 0 Å². The number of nitrogens with zero attached hydrogens (tertiary/aromatic N) is 1. The molecule has 2 aromatic rings. The minimum Gasteiger partial charge on any atom is -0.496 e. The monoisotopic (exact) mass is 461 g/mol. The molecule has 178 valence electrons. The van der Waals surface area contributed by atoms with Gasteiger partial charge in [0, 0.05) is 22.6 Å². The number of methoxy groups -OCH3 is 1. The van der Waals surface area contributed by atoms with Crippen molar-refractivity contribution < 1.29 is 19.2 Å². The van der Waals surface area contributed by atoms with E-state index in [0.29, 0.717) is 22.8 Å². The topological polar surface area (TPSA) is 78.7 Å². The molecule has 4 bridgehead atoms. The van der Waals surface area contributed by atoms with Crippen molar-refractivity contribution in [3.05, 3.63) is 69.3 Å². The molecule has 4 aliphatic carbocycles. The predicted molar refractivity (Wildman–Crippen MR) is 130 cm³/mol. The van der Waals surface area contributed by atoms with Crippen molar-refractivity contribution in [1.29, 1.82) is 0 Å². The smallest absolute Gasteiger partial charge is 0.272 e. The van der Waals surface area contributed by atoms with Gasteiger partial charge in [-0.3, -0.25) is 14.9 Å². The maximum Gasteiger partial charge on any atom is 0.272 e. The van der Waals surface area contributed by atoms with Crippen LogP contribution < -0.4 is 9.47 Å². The summed E-state index contributed by atoms with van der Waals surface area (Å²) in [6.07, 6.45) is 10.9. The minimum atomic E-state index is -0.400. The van der Waals surface area contributed by atoms with Crippen LogP contribution in [0.4, 0.5) is 5.69 Å². The highest BCUT2D eigenvalue weighted by Gasteiger charge is 2.53. The van der Waals surface area contributed by atoms with Crippen molar-refractivity contribution in [2.24, 2.45) is 23.2 Å². The van der Waals surface area contributed by atoms with E-state index >= 15 is 0 Å². The van der Waals surface area contributed by atoms with Gasteiger partial charge in [0.1, 0.15) is 18.1 Å². The van der Waals surface area contributed by atoms with Gasteiger partial charge in [-0.15, -0.1) is 0 Å². The maximum atomic E-state index is 13.3. The number of carbonyl (C=O) groups excluding carboxylic acids is 1. The molecule has 2 aromatic carbocycles. The van der Waals surface area contributed by atoms with Crippen LogP contribution in [-0.4, -0.2) is 17.8 Å². The fourth-order valence-electron chi connectivity index (χ4n) is 6.86. The van der Waals surface area contributed by atoms with E-state index in [1.54, 1.807) is 32.2 Å². The summed E-state index contributed by atoms with van der Waals surface area (Å²) in [6.45, 7) is 1.95. The van der Waals surface area contributed by atoms with E-state index in [2.05, 4.69) is 0 Å². The van der Waals surface area contributed by atoms with Gasteiger partial charge in [-0.1, -0.05) is 12.1 Å². The van der Waals surface area contributed by atoms with E-state index in [0.717, 1.165) is 48.1 Å². The second-order valence-electron chi connectivity index (χ2n) is 10.5. The third-order valence-electron chi connectivity index (χ3n) is 8.05. The van der Waals surface area contributed by atoms with Crippen molar-refractivity contribution in [2.45, 2.75) is 52.1 Å². The molecule has 6 heteroatoms. The van der Waals surface area contributed by atoms with Crippen LogP contribution in [0.1, 0.15) is 55.2 Å². The SMILES string of the molecule is COc1ccc(/C=C/C(=O)C23CC4CC(CC(C4)C2)C3)cc1COc1ccc([N+](=O)[O-])c(C)c1. The number of benzene rings is 2. The molecule has 0 amide bonds. The zero-order chi connectivity index (χ0) is 23.9. The zero-order valence-corrected chi connectivity index (χ0v) is 19.8. The minimum absolute atomic E-state index is 0.0701. The first kappa shape index (κ1) is 22.6. The summed E-state index contributed by atoms with van der Waals surface area (Å²) < 4.78 is 11.4. The van der Waals surface area contributed by atoms with E-state index in [1.807, 2.05) is 24.3 Å². The number of ketones is 1. The van der Waals surface area contributed by atoms with Gasteiger partial charge in [0.2, 0.25) is 0 Å². The molecule has 0 spiro atoms. The zero-order valence-electron chi connectivity index (χ0n) is 19.8. The molecule has 4 saturated carbocycles. The molecule has 0 N–H and O–H groups in total. The van der Waals surface area contributed by atoms with Gasteiger partial charge in [0.25, 0.3) is 5.69 Å². The Kier molecular flexibility index (Phi) is 5.92. The third-order valence-corrected chi connectivity index (χ3v) is 8.05. The maximum absolute atomic E-state index is 13.3. The van der Waals surface area contributed by atoms with Gasteiger partial charge in [0.15, 0.2) is 5.78 Å². The molecule has 0 aliphatic heterocycles. The van der Waals surface area contributed by atoms with Crippen LogP contribution in [0.2, 0.25) is 0 Å². The average molecular weight is 462 g/mol. The van der Waals surface area contributed by atoms with Crippen molar-refractivity contribution in [3.8, 4) is 11.5 Å². The van der Waals surface area contributed by atoms with E-state index < -0.39 is 4.92 Å². The van der Waals surface area contributed by atoms with Crippen molar-refractivity contribution in [1.82, 2.24) is 0 Å². The molecule has 4 aliphatic rings. The number of hydrogen-bond donors (Lipinski definition) is 0. The normalized spacial score (nSPS) is 27.2. The van der Waals surface area contributed by atoms with Crippen LogP contribution in [0.25, 0.3) is 6.08 Å². The lowest BCUT2D eigenvalue weighted by atomic mass is 9.48. The van der Waals surface area contributed by atoms with E-state index in [1.165, 1.54) is 25.3 Å². The molecule has 0 radical (unpaired) electrons. The molecular formula is C28H31NO5. The van der Waals surface area contributed by atoms with Gasteiger partial charge in [-0.05, 0) is 99.1 Å². The highest BCUT2D eigenvalue weighted by molar-refractivity contribution is 5.98. The van der Waals surface area contributed by atoms with Gasteiger partial charge < -0.3 is 9.47 Å². The summed E-state index contributed by atoms with van der Waals surface area (Å²) in [5, 5.41) is 11.0. The first-order valence-corrected chi connectivity index (χ1v) is 12.1. The summed E-state index contributed by atoms with van der Waals surface area (Å²) in [4.78, 5) is 23.9. The summed E-state index contributed by atoms with van der Waals surface area (Å²) in [5.41, 5.74) is 2.27. The molecule has 34 heavy (non-hydrogen) atoms. The van der Waals surface area contributed by atoms with Crippen molar-refractivity contribution in [2.75, 3.05) is 7.11 Å². The second-order valence-corrected chi connectivity index (χ2v) is 10.5. The van der Waals surface area contributed by atoms with Crippen molar-refractivity contribution >= 4 is 17.5 Å².